The first-order chi connectivity index (χ1) is 17.5. The van der Waals surface area contributed by atoms with Gasteiger partial charge in [-0.05, 0) is 25.3 Å². The zero-order valence-electron chi connectivity index (χ0n) is 22.5. The number of epoxide rings is 1. The third-order valence-corrected chi connectivity index (χ3v) is 8.92. The quantitative estimate of drug-likeness (QED) is 0.188. The molecule has 2 heterocycles. The molecule has 2 saturated heterocycles. The van der Waals surface area contributed by atoms with Gasteiger partial charge in [-0.25, -0.2) is 4.79 Å². The second-order valence-corrected chi connectivity index (χ2v) is 11.3. The fourth-order valence-electron chi connectivity index (χ4n) is 7.05. The molecule has 0 amide bonds. The topological polar surface area (TPSA) is 178 Å². The van der Waals surface area contributed by atoms with Crippen molar-refractivity contribution in [2.75, 3.05) is 0 Å². The molecule has 0 aromatic carbocycles. The minimum absolute atomic E-state index is 0.0691. The predicted molar refractivity (Wildman–Crippen MR) is 126 cm³/mol. The average molecular weight is 541 g/mol. The van der Waals surface area contributed by atoms with Crippen LogP contribution in [0.4, 0.5) is 0 Å². The largest absolute Gasteiger partial charge is 0.462 e. The van der Waals surface area contributed by atoms with Gasteiger partial charge in [0.2, 0.25) is 0 Å². The van der Waals surface area contributed by atoms with Crippen LogP contribution in [-0.4, -0.2) is 93.1 Å². The van der Waals surface area contributed by atoms with Gasteiger partial charge in [0.05, 0.1) is 11.5 Å². The van der Waals surface area contributed by atoms with E-state index in [2.05, 4.69) is 0 Å². The fraction of sp³-hybridized carbons (Fsp3) is 0.769. The monoisotopic (exact) mass is 540 g/mol. The van der Waals surface area contributed by atoms with Crippen LogP contribution < -0.4 is 0 Å². The van der Waals surface area contributed by atoms with Crippen LogP contribution in [0, 0.1) is 17.3 Å². The first-order valence-electron chi connectivity index (χ1n) is 12.7. The van der Waals surface area contributed by atoms with Gasteiger partial charge in [-0.2, -0.15) is 0 Å². The van der Waals surface area contributed by atoms with Gasteiger partial charge < -0.3 is 39.0 Å². The number of fused-ring (bicyclic) bond motifs is 1. The van der Waals surface area contributed by atoms with Crippen LogP contribution in [0.2, 0.25) is 0 Å². The molecular formula is C26H36O12. The molecule has 12 heteroatoms. The molecule has 0 bridgehead atoms. The number of ether oxygens (including phenoxy) is 5. The van der Waals surface area contributed by atoms with Crippen LogP contribution in [0.1, 0.15) is 54.9 Å². The Morgan fingerprint density at radius 3 is 2.05 bits per heavy atom. The fourth-order valence-corrected chi connectivity index (χ4v) is 7.05. The maximum absolute atomic E-state index is 13.0. The van der Waals surface area contributed by atoms with Crippen molar-refractivity contribution in [1.82, 2.24) is 0 Å². The van der Waals surface area contributed by atoms with Crippen molar-refractivity contribution in [3.8, 4) is 0 Å². The number of rotatable bonds is 3. The summed E-state index contributed by atoms with van der Waals surface area (Å²) in [6.45, 7) is 9.75. The van der Waals surface area contributed by atoms with Crippen molar-refractivity contribution in [3.05, 3.63) is 11.6 Å². The van der Waals surface area contributed by atoms with Gasteiger partial charge in [-0.3, -0.25) is 14.4 Å². The Morgan fingerprint density at radius 2 is 1.53 bits per heavy atom. The summed E-state index contributed by atoms with van der Waals surface area (Å²) in [5.74, 6) is -4.70. The second-order valence-electron chi connectivity index (χ2n) is 11.3. The maximum atomic E-state index is 13.0. The van der Waals surface area contributed by atoms with Crippen molar-refractivity contribution in [1.29, 1.82) is 0 Å². The zero-order chi connectivity index (χ0) is 28.5. The van der Waals surface area contributed by atoms with Crippen LogP contribution in [0.5, 0.6) is 0 Å². The van der Waals surface area contributed by atoms with Crippen molar-refractivity contribution >= 4 is 23.9 Å². The predicted octanol–water partition coefficient (Wildman–Crippen LogP) is -0.0605. The molecule has 12 nitrogen and oxygen atoms in total. The molecular weight excluding hydrogens is 504 g/mol. The average Bonchev–Trinajstić information content (AvgIpc) is 3.37. The van der Waals surface area contributed by atoms with Gasteiger partial charge >= 0.3 is 23.9 Å². The summed E-state index contributed by atoms with van der Waals surface area (Å²) in [5.41, 5.74) is -4.60. The van der Waals surface area contributed by atoms with Gasteiger partial charge in [-0.15, -0.1) is 0 Å². The van der Waals surface area contributed by atoms with E-state index in [9.17, 15) is 34.5 Å². The van der Waals surface area contributed by atoms with Gasteiger partial charge in [0.1, 0.15) is 30.5 Å². The molecule has 1 saturated carbocycles. The number of carbonyl (C=O) groups is 4. The molecule has 4 rings (SSSR count). The van der Waals surface area contributed by atoms with Gasteiger partial charge in [0.25, 0.3) is 0 Å². The molecule has 212 valence electrons. The van der Waals surface area contributed by atoms with Crippen molar-refractivity contribution < 1.29 is 58.2 Å². The molecule has 1 spiro atoms. The normalized spacial score (nSPS) is 49.2. The molecule has 3 fully saturated rings. The van der Waals surface area contributed by atoms with E-state index in [1.54, 1.807) is 13.8 Å². The standard InChI is InChI=1S/C26H36O12/c1-10-8-16(31)20(35-13(4)28)24(6)17(34-12(3)27)9-15(30)11(2)18(24)21(36-14(5)29)26-22(19(10)32)37-23(33)25(26,7)38-26/h8,11,15-22,30-32H,9H2,1-7H3/b10-8+/t11-,15-,16-,17-,18+,19-,20-,21-,22-,24-,25-,26+/m0/s1. The first kappa shape index (κ1) is 28.5. The molecule has 0 unspecified atom stereocenters. The van der Waals surface area contributed by atoms with Crippen LogP contribution in [-0.2, 0) is 42.9 Å². The van der Waals surface area contributed by atoms with Crippen molar-refractivity contribution in [3.63, 3.8) is 0 Å². The molecule has 3 N–H and O–H groups in total. The summed E-state index contributed by atoms with van der Waals surface area (Å²) in [4.78, 5) is 50.1. The third kappa shape index (κ3) is 3.95. The molecule has 4 aliphatic rings. The summed E-state index contributed by atoms with van der Waals surface area (Å²) in [7, 11) is 0. The molecule has 0 aromatic heterocycles. The number of aliphatic hydroxyl groups excluding tert-OH is 3. The van der Waals surface area contributed by atoms with Crippen molar-refractivity contribution in [2.24, 2.45) is 17.3 Å². The summed E-state index contributed by atoms with van der Waals surface area (Å²) in [6.07, 6.45) is -8.09. The maximum Gasteiger partial charge on any atom is 0.342 e. The lowest BCUT2D eigenvalue weighted by molar-refractivity contribution is -0.242. The lowest BCUT2D eigenvalue weighted by Crippen LogP contribution is -2.68. The van der Waals surface area contributed by atoms with Crippen LogP contribution in [0.15, 0.2) is 11.6 Å². The van der Waals surface area contributed by atoms with E-state index in [1.807, 2.05) is 0 Å². The summed E-state index contributed by atoms with van der Waals surface area (Å²) >= 11 is 0. The molecule has 2 aliphatic carbocycles. The highest BCUT2D eigenvalue weighted by molar-refractivity contribution is 5.89. The lowest BCUT2D eigenvalue weighted by Gasteiger charge is -2.57. The van der Waals surface area contributed by atoms with E-state index in [4.69, 9.17) is 23.7 Å². The van der Waals surface area contributed by atoms with E-state index in [-0.39, 0.29) is 12.0 Å². The number of hydrogen-bond donors (Lipinski definition) is 3. The van der Waals surface area contributed by atoms with E-state index in [0.717, 1.165) is 13.8 Å². The molecule has 2 aliphatic heterocycles. The minimum atomic E-state index is -1.69. The Hall–Kier alpha value is -2.54. The lowest BCUT2D eigenvalue weighted by atomic mass is 9.53. The molecule has 12 atom stereocenters. The number of aliphatic hydroxyl groups is 3. The SMILES string of the molecule is CC(=O)O[C@H]1C[C@H](O)[C@H](C)[C@@H]2[C@H](OC(C)=O)[C@]34O[C@@]3(C)C(=O)O[C@H]4[C@@H](O)/C(C)=C/[C@H](O)[C@H](OC(C)=O)[C@]21C. The highest BCUT2D eigenvalue weighted by atomic mass is 16.7. The zero-order valence-corrected chi connectivity index (χ0v) is 22.5. The number of esters is 4. The summed E-state index contributed by atoms with van der Waals surface area (Å²) in [5, 5.41) is 33.8. The molecule has 0 radical (unpaired) electrons. The minimum Gasteiger partial charge on any atom is -0.462 e. The van der Waals surface area contributed by atoms with Crippen LogP contribution in [0.25, 0.3) is 0 Å². The molecule has 0 aromatic rings. The van der Waals surface area contributed by atoms with E-state index >= 15 is 0 Å². The van der Waals surface area contributed by atoms with Gasteiger partial charge in [-0.1, -0.05) is 19.9 Å². The number of carbonyl (C=O) groups excluding carboxylic acids is 4. The Kier molecular flexibility index (Phi) is 6.96. The Bertz CT molecular complexity index is 1070. The Labute approximate surface area is 220 Å². The third-order valence-electron chi connectivity index (χ3n) is 8.92. The Balaban J connectivity index is 2.06. The first-order valence-corrected chi connectivity index (χ1v) is 12.7. The highest BCUT2D eigenvalue weighted by Gasteiger charge is 2.88. The van der Waals surface area contributed by atoms with Crippen molar-refractivity contribution in [2.45, 2.75) is 109 Å². The summed E-state index contributed by atoms with van der Waals surface area (Å²) in [6, 6.07) is 0. The smallest absolute Gasteiger partial charge is 0.342 e. The Morgan fingerprint density at radius 1 is 0.974 bits per heavy atom. The second kappa shape index (κ2) is 9.29. The van der Waals surface area contributed by atoms with Crippen LogP contribution >= 0.6 is 0 Å². The van der Waals surface area contributed by atoms with E-state index in [0.29, 0.717) is 0 Å². The molecule has 38 heavy (non-hydrogen) atoms. The van der Waals surface area contributed by atoms with Crippen LogP contribution in [0.3, 0.4) is 0 Å². The summed E-state index contributed by atoms with van der Waals surface area (Å²) < 4.78 is 28.8. The van der Waals surface area contributed by atoms with Gasteiger partial charge in [0.15, 0.2) is 17.3 Å². The van der Waals surface area contributed by atoms with E-state index in [1.165, 1.54) is 26.8 Å². The highest BCUT2D eigenvalue weighted by Crippen LogP contribution is 2.66. The van der Waals surface area contributed by atoms with Gasteiger partial charge in [0, 0.05) is 33.1 Å². The van der Waals surface area contributed by atoms with E-state index < -0.39 is 95.1 Å². The number of hydrogen-bond acceptors (Lipinski definition) is 12.